The summed E-state index contributed by atoms with van der Waals surface area (Å²) in [6.07, 6.45) is 0. The van der Waals surface area contributed by atoms with Crippen molar-refractivity contribution in [1.29, 1.82) is 0 Å². The summed E-state index contributed by atoms with van der Waals surface area (Å²) in [4.78, 5) is 8.55. The van der Waals surface area contributed by atoms with Crippen molar-refractivity contribution in [3.8, 4) is 0 Å². The molecule has 0 aliphatic carbocycles. The van der Waals surface area contributed by atoms with Crippen LogP contribution < -0.4 is 0 Å². The minimum atomic E-state index is 0.567. The maximum atomic E-state index is 4.35. The molecule has 0 aliphatic heterocycles. The molecule has 0 saturated carbocycles. The van der Waals surface area contributed by atoms with Gasteiger partial charge in [0.05, 0.1) is 7.11 Å². The van der Waals surface area contributed by atoms with E-state index in [4.69, 9.17) is 0 Å². The first-order valence-electron chi connectivity index (χ1n) is 1.63. The number of hydrogen-bond acceptors (Lipinski definition) is 2. The molecule has 0 radical (unpaired) electrons. The topological polar surface area (TPSA) is 18.5 Å². The molecular formula is C4H8O2. The van der Waals surface area contributed by atoms with Crippen LogP contribution in [0, 0.1) is 0 Å². The van der Waals surface area contributed by atoms with Crippen LogP contribution in [-0.4, -0.2) is 7.11 Å². The fraction of sp³-hybridized carbons (Fsp3) is 0.500. The maximum Gasteiger partial charge on any atom is 0.132 e. The molecular weight excluding hydrogens is 80.0 g/mol. The molecule has 2 heteroatoms. The first kappa shape index (κ1) is 5.50. The van der Waals surface area contributed by atoms with Gasteiger partial charge in [0.25, 0.3) is 0 Å². The van der Waals surface area contributed by atoms with E-state index in [0.29, 0.717) is 5.76 Å². The number of allylic oxidation sites excluding steroid dienone is 1. The summed E-state index contributed by atoms with van der Waals surface area (Å²) in [5.74, 6) is 0.567. The third kappa shape index (κ3) is 3.50. The molecule has 0 aromatic carbocycles. The average Bonchev–Trinajstić information content (AvgIpc) is 1.35. The van der Waals surface area contributed by atoms with Crippen LogP contribution in [0.3, 0.4) is 0 Å². The Morgan fingerprint density at radius 2 is 2.17 bits per heavy atom. The van der Waals surface area contributed by atoms with E-state index in [1.165, 1.54) is 7.11 Å². The van der Waals surface area contributed by atoms with Gasteiger partial charge in [0.2, 0.25) is 0 Å². The molecule has 0 bridgehead atoms. The molecule has 0 rings (SSSR count). The maximum absolute atomic E-state index is 4.35. The Kier molecular flexibility index (Phi) is 2.50. The second kappa shape index (κ2) is 2.72. The Bertz CT molecular complexity index is 49.5. The first-order valence-corrected chi connectivity index (χ1v) is 1.63. The molecule has 0 fully saturated rings. The molecule has 0 aromatic heterocycles. The lowest BCUT2D eigenvalue weighted by molar-refractivity contribution is -0.236. The fourth-order valence-corrected chi connectivity index (χ4v) is 0.142. The summed E-state index contributed by atoms with van der Waals surface area (Å²) in [7, 11) is 1.44. The van der Waals surface area contributed by atoms with Crippen molar-refractivity contribution in [3.63, 3.8) is 0 Å². The van der Waals surface area contributed by atoms with Crippen molar-refractivity contribution in [2.24, 2.45) is 0 Å². The van der Waals surface area contributed by atoms with Gasteiger partial charge >= 0.3 is 0 Å². The quantitative estimate of drug-likeness (QED) is 0.286. The normalized spacial score (nSPS) is 7.67. The van der Waals surface area contributed by atoms with Crippen LogP contribution in [-0.2, 0) is 9.78 Å². The first-order chi connectivity index (χ1) is 2.77. The largest absolute Gasteiger partial charge is 0.343 e. The van der Waals surface area contributed by atoms with Crippen LogP contribution in [0.5, 0.6) is 0 Å². The van der Waals surface area contributed by atoms with Gasteiger partial charge in [0.15, 0.2) is 0 Å². The lowest BCUT2D eigenvalue weighted by atomic mass is 10.7. The Morgan fingerprint density at radius 1 is 1.67 bits per heavy atom. The molecule has 0 amide bonds. The lowest BCUT2D eigenvalue weighted by Gasteiger charge is -1.93. The van der Waals surface area contributed by atoms with Gasteiger partial charge in [-0.1, -0.05) is 6.58 Å². The molecule has 0 heterocycles. The minimum absolute atomic E-state index is 0.567. The molecule has 0 atom stereocenters. The highest BCUT2D eigenvalue weighted by Crippen LogP contribution is 1.85. The minimum Gasteiger partial charge on any atom is -0.343 e. The summed E-state index contributed by atoms with van der Waals surface area (Å²) in [5, 5.41) is 0. The molecule has 6 heavy (non-hydrogen) atoms. The Balaban J connectivity index is 2.83. The van der Waals surface area contributed by atoms with E-state index in [-0.39, 0.29) is 0 Å². The summed E-state index contributed by atoms with van der Waals surface area (Å²) in [6.45, 7) is 5.11. The molecule has 0 aromatic rings. The van der Waals surface area contributed by atoms with Gasteiger partial charge in [-0.05, 0) is 6.92 Å². The second-order valence-electron chi connectivity index (χ2n) is 0.952. The zero-order valence-electron chi connectivity index (χ0n) is 4.02. The van der Waals surface area contributed by atoms with E-state index >= 15 is 0 Å². The standard InChI is InChI=1S/C4H8O2/c1-4(2)6-5-3/h1H2,2-3H3. The molecule has 2 nitrogen and oxygen atoms in total. The van der Waals surface area contributed by atoms with Crippen molar-refractivity contribution in [2.75, 3.05) is 7.11 Å². The molecule has 0 unspecified atom stereocenters. The van der Waals surface area contributed by atoms with Gasteiger partial charge in [-0.3, -0.25) is 0 Å². The SMILES string of the molecule is C=C(C)OOC. The zero-order chi connectivity index (χ0) is 4.99. The van der Waals surface area contributed by atoms with Crippen LogP contribution in [0.1, 0.15) is 6.92 Å². The highest BCUT2D eigenvalue weighted by Gasteiger charge is 1.74. The van der Waals surface area contributed by atoms with Crippen molar-refractivity contribution in [3.05, 3.63) is 12.3 Å². The third-order valence-electron chi connectivity index (χ3n) is 0.226. The van der Waals surface area contributed by atoms with Gasteiger partial charge < -0.3 is 4.89 Å². The van der Waals surface area contributed by atoms with Gasteiger partial charge in [0, 0.05) is 0 Å². The Hall–Kier alpha value is -0.500. The van der Waals surface area contributed by atoms with E-state index in [2.05, 4.69) is 16.4 Å². The zero-order valence-corrected chi connectivity index (χ0v) is 4.02. The van der Waals surface area contributed by atoms with E-state index < -0.39 is 0 Å². The smallest absolute Gasteiger partial charge is 0.132 e. The van der Waals surface area contributed by atoms with Crippen molar-refractivity contribution >= 4 is 0 Å². The summed E-state index contributed by atoms with van der Waals surface area (Å²) in [6, 6.07) is 0. The molecule has 0 saturated heterocycles. The second-order valence-corrected chi connectivity index (χ2v) is 0.952. The van der Waals surface area contributed by atoms with E-state index in [1.54, 1.807) is 6.92 Å². The molecule has 36 valence electrons. The van der Waals surface area contributed by atoms with Crippen LogP contribution in [0.15, 0.2) is 12.3 Å². The van der Waals surface area contributed by atoms with Gasteiger partial charge in [-0.25, -0.2) is 0 Å². The predicted octanol–water partition coefficient (Wildman–Crippen LogP) is 1.10. The lowest BCUT2D eigenvalue weighted by Crippen LogP contribution is -1.80. The van der Waals surface area contributed by atoms with Crippen LogP contribution in [0.2, 0.25) is 0 Å². The molecule has 0 N–H and O–H groups in total. The monoisotopic (exact) mass is 88.1 g/mol. The highest BCUT2D eigenvalue weighted by atomic mass is 17.2. The van der Waals surface area contributed by atoms with Crippen LogP contribution in [0.4, 0.5) is 0 Å². The number of hydrogen-bond donors (Lipinski definition) is 0. The summed E-state index contributed by atoms with van der Waals surface area (Å²) >= 11 is 0. The Labute approximate surface area is 37.3 Å². The van der Waals surface area contributed by atoms with Crippen molar-refractivity contribution < 1.29 is 9.78 Å². The van der Waals surface area contributed by atoms with Crippen molar-refractivity contribution in [1.82, 2.24) is 0 Å². The summed E-state index contributed by atoms with van der Waals surface area (Å²) in [5.41, 5.74) is 0. The third-order valence-corrected chi connectivity index (χ3v) is 0.226. The van der Waals surface area contributed by atoms with Gasteiger partial charge in [-0.2, -0.15) is 4.89 Å². The predicted molar refractivity (Wildman–Crippen MR) is 22.9 cm³/mol. The van der Waals surface area contributed by atoms with Crippen LogP contribution >= 0.6 is 0 Å². The Morgan fingerprint density at radius 3 is 2.17 bits per heavy atom. The summed E-state index contributed by atoms with van der Waals surface area (Å²) < 4.78 is 0. The average molecular weight is 88.1 g/mol. The van der Waals surface area contributed by atoms with E-state index in [1.807, 2.05) is 0 Å². The van der Waals surface area contributed by atoms with Crippen LogP contribution in [0.25, 0.3) is 0 Å². The highest BCUT2D eigenvalue weighted by molar-refractivity contribution is 4.70. The van der Waals surface area contributed by atoms with Crippen molar-refractivity contribution in [2.45, 2.75) is 6.92 Å². The molecule has 0 aliphatic rings. The van der Waals surface area contributed by atoms with E-state index in [0.717, 1.165) is 0 Å². The molecule has 0 spiro atoms. The van der Waals surface area contributed by atoms with Gasteiger partial charge in [0.1, 0.15) is 5.76 Å². The van der Waals surface area contributed by atoms with Gasteiger partial charge in [-0.15, -0.1) is 0 Å². The van der Waals surface area contributed by atoms with E-state index in [9.17, 15) is 0 Å². The number of rotatable bonds is 2. The fourth-order valence-electron chi connectivity index (χ4n) is 0.142.